The van der Waals surface area contributed by atoms with Crippen LogP contribution in [-0.2, 0) is 4.79 Å². The van der Waals surface area contributed by atoms with Crippen LogP contribution in [0.25, 0.3) is 0 Å². The number of hydrogen-bond acceptors (Lipinski definition) is 2. The van der Waals surface area contributed by atoms with Gasteiger partial charge in [0.05, 0.1) is 6.07 Å². The summed E-state index contributed by atoms with van der Waals surface area (Å²) in [5.41, 5.74) is 1.81. The monoisotopic (exact) mass is 173 g/mol. The van der Waals surface area contributed by atoms with Crippen molar-refractivity contribution >= 4 is 5.78 Å². The molecule has 0 aromatic heterocycles. The fourth-order valence-electron chi connectivity index (χ4n) is 1.29. The first-order chi connectivity index (χ1) is 6.16. The first-order valence-corrected chi connectivity index (χ1v) is 4.12. The fraction of sp³-hybridized carbons (Fsp3) is 0.273. The smallest absolute Gasteiger partial charge is 0.151 e. The second-order valence-electron chi connectivity index (χ2n) is 3.03. The van der Waals surface area contributed by atoms with E-state index in [0.717, 1.165) is 11.1 Å². The van der Waals surface area contributed by atoms with Gasteiger partial charge in [0, 0.05) is 0 Å². The van der Waals surface area contributed by atoms with Crippen LogP contribution in [0.2, 0.25) is 0 Å². The Morgan fingerprint density at radius 2 is 2.08 bits per heavy atom. The van der Waals surface area contributed by atoms with Crippen LogP contribution in [0.15, 0.2) is 24.3 Å². The Labute approximate surface area is 77.8 Å². The minimum absolute atomic E-state index is 0.100. The number of carbonyl (C=O) groups is 1. The molecule has 0 fully saturated rings. The zero-order valence-corrected chi connectivity index (χ0v) is 7.74. The normalized spacial score (nSPS) is 11.8. The molecule has 2 heteroatoms. The van der Waals surface area contributed by atoms with Crippen molar-refractivity contribution in [3.05, 3.63) is 35.4 Å². The zero-order chi connectivity index (χ0) is 9.84. The Morgan fingerprint density at radius 3 is 2.54 bits per heavy atom. The van der Waals surface area contributed by atoms with Crippen LogP contribution in [0.3, 0.4) is 0 Å². The van der Waals surface area contributed by atoms with Crippen molar-refractivity contribution in [2.24, 2.45) is 0 Å². The van der Waals surface area contributed by atoms with Gasteiger partial charge in [0.15, 0.2) is 5.78 Å². The molecule has 0 saturated heterocycles. The Bertz CT molecular complexity index is 363. The van der Waals surface area contributed by atoms with Gasteiger partial charge in [0.2, 0.25) is 0 Å². The van der Waals surface area contributed by atoms with Crippen molar-refractivity contribution in [3.63, 3.8) is 0 Å². The van der Waals surface area contributed by atoms with Gasteiger partial charge in [-0.1, -0.05) is 24.3 Å². The van der Waals surface area contributed by atoms with E-state index in [1.807, 2.05) is 37.3 Å². The van der Waals surface area contributed by atoms with Gasteiger partial charge in [-0.3, -0.25) is 4.79 Å². The van der Waals surface area contributed by atoms with E-state index in [1.54, 1.807) is 0 Å². The number of aryl methyl sites for hydroxylation is 1. The Morgan fingerprint density at radius 1 is 1.46 bits per heavy atom. The number of rotatable bonds is 2. The van der Waals surface area contributed by atoms with Crippen LogP contribution in [0.1, 0.15) is 24.0 Å². The molecule has 0 aliphatic carbocycles. The molecule has 0 spiro atoms. The molecule has 0 aliphatic rings. The molecule has 0 heterocycles. The first-order valence-electron chi connectivity index (χ1n) is 4.12. The van der Waals surface area contributed by atoms with E-state index < -0.39 is 5.92 Å². The topological polar surface area (TPSA) is 40.9 Å². The summed E-state index contributed by atoms with van der Waals surface area (Å²) in [6, 6.07) is 9.48. The van der Waals surface area contributed by atoms with Gasteiger partial charge in [-0.15, -0.1) is 0 Å². The van der Waals surface area contributed by atoms with Crippen molar-refractivity contribution in [2.45, 2.75) is 19.8 Å². The summed E-state index contributed by atoms with van der Waals surface area (Å²) >= 11 is 0. The number of hydrogen-bond donors (Lipinski definition) is 0. The van der Waals surface area contributed by atoms with Crippen LogP contribution in [-0.4, -0.2) is 5.78 Å². The highest BCUT2D eigenvalue weighted by atomic mass is 16.1. The lowest BCUT2D eigenvalue weighted by Crippen LogP contribution is -2.07. The van der Waals surface area contributed by atoms with E-state index in [-0.39, 0.29) is 5.78 Å². The average Bonchev–Trinajstić information content (AvgIpc) is 2.09. The van der Waals surface area contributed by atoms with Crippen LogP contribution in [0, 0.1) is 18.3 Å². The molecule has 0 amide bonds. The molecular formula is C11H11NO. The van der Waals surface area contributed by atoms with Crippen molar-refractivity contribution < 1.29 is 4.79 Å². The third kappa shape index (κ3) is 1.94. The second-order valence-corrected chi connectivity index (χ2v) is 3.03. The highest BCUT2D eigenvalue weighted by molar-refractivity contribution is 5.86. The Balaban J connectivity index is 3.14. The largest absolute Gasteiger partial charge is 0.298 e. The molecule has 0 saturated carbocycles. The van der Waals surface area contributed by atoms with Crippen molar-refractivity contribution in [3.8, 4) is 6.07 Å². The summed E-state index contributed by atoms with van der Waals surface area (Å²) in [4.78, 5) is 11.1. The molecule has 66 valence electrons. The molecule has 0 radical (unpaired) electrons. The lowest BCUT2D eigenvalue weighted by atomic mass is 9.93. The number of ketones is 1. The standard InChI is InChI=1S/C11H11NO/c1-8-5-3-4-6-10(8)11(7-12)9(2)13/h3-6,11H,1-2H3/t11-/m1/s1. The summed E-state index contributed by atoms with van der Waals surface area (Å²) in [7, 11) is 0. The summed E-state index contributed by atoms with van der Waals surface area (Å²) in [5.74, 6) is -0.710. The van der Waals surface area contributed by atoms with Gasteiger partial charge in [-0.2, -0.15) is 5.26 Å². The van der Waals surface area contributed by atoms with Gasteiger partial charge in [0.25, 0.3) is 0 Å². The third-order valence-electron chi connectivity index (χ3n) is 2.04. The molecule has 13 heavy (non-hydrogen) atoms. The van der Waals surface area contributed by atoms with Gasteiger partial charge in [-0.05, 0) is 25.0 Å². The molecule has 1 aromatic rings. The summed E-state index contributed by atoms with van der Waals surface area (Å²) in [6.45, 7) is 3.35. The lowest BCUT2D eigenvalue weighted by molar-refractivity contribution is -0.117. The molecule has 1 aromatic carbocycles. The second kappa shape index (κ2) is 3.86. The van der Waals surface area contributed by atoms with E-state index in [2.05, 4.69) is 0 Å². The van der Waals surface area contributed by atoms with Gasteiger partial charge in [0.1, 0.15) is 5.92 Å². The van der Waals surface area contributed by atoms with E-state index >= 15 is 0 Å². The highest BCUT2D eigenvalue weighted by Crippen LogP contribution is 2.19. The summed E-state index contributed by atoms with van der Waals surface area (Å²) in [5, 5.41) is 8.80. The first kappa shape index (κ1) is 9.47. The number of nitriles is 1. The molecular weight excluding hydrogens is 162 g/mol. The van der Waals surface area contributed by atoms with Crippen molar-refractivity contribution in [2.75, 3.05) is 0 Å². The fourth-order valence-corrected chi connectivity index (χ4v) is 1.29. The highest BCUT2D eigenvalue weighted by Gasteiger charge is 2.16. The minimum Gasteiger partial charge on any atom is -0.298 e. The zero-order valence-electron chi connectivity index (χ0n) is 7.74. The predicted molar refractivity (Wildman–Crippen MR) is 50.2 cm³/mol. The van der Waals surface area contributed by atoms with Crippen LogP contribution < -0.4 is 0 Å². The predicted octanol–water partition coefficient (Wildman–Crippen LogP) is 2.19. The van der Waals surface area contributed by atoms with Crippen molar-refractivity contribution in [1.29, 1.82) is 5.26 Å². The van der Waals surface area contributed by atoms with E-state index in [4.69, 9.17) is 5.26 Å². The maximum Gasteiger partial charge on any atom is 0.151 e. The van der Waals surface area contributed by atoms with E-state index in [1.165, 1.54) is 6.92 Å². The van der Waals surface area contributed by atoms with Gasteiger partial charge < -0.3 is 0 Å². The lowest BCUT2D eigenvalue weighted by Gasteiger charge is -2.07. The van der Waals surface area contributed by atoms with E-state index in [0.29, 0.717) is 0 Å². The molecule has 0 unspecified atom stereocenters. The summed E-state index contributed by atoms with van der Waals surface area (Å²) < 4.78 is 0. The quantitative estimate of drug-likeness (QED) is 0.687. The molecule has 0 N–H and O–H groups in total. The van der Waals surface area contributed by atoms with E-state index in [9.17, 15) is 4.79 Å². The van der Waals surface area contributed by atoms with Crippen molar-refractivity contribution in [1.82, 2.24) is 0 Å². The maximum absolute atomic E-state index is 11.1. The van der Waals surface area contributed by atoms with Crippen LogP contribution >= 0.6 is 0 Å². The van der Waals surface area contributed by atoms with Crippen LogP contribution in [0.5, 0.6) is 0 Å². The Kier molecular flexibility index (Phi) is 2.81. The number of carbonyl (C=O) groups excluding carboxylic acids is 1. The molecule has 1 rings (SSSR count). The van der Waals surface area contributed by atoms with Crippen LogP contribution in [0.4, 0.5) is 0 Å². The Hall–Kier alpha value is -1.62. The number of Topliss-reactive ketones (excluding diaryl/α,β-unsaturated/α-hetero) is 1. The number of nitrogens with zero attached hydrogens (tertiary/aromatic N) is 1. The van der Waals surface area contributed by atoms with Gasteiger partial charge >= 0.3 is 0 Å². The molecule has 0 bridgehead atoms. The summed E-state index contributed by atoms with van der Waals surface area (Å²) in [6.07, 6.45) is 0. The SMILES string of the molecule is CC(=O)[C@@H](C#N)c1ccccc1C. The average molecular weight is 173 g/mol. The molecule has 1 atom stereocenters. The van der Waals surface area contributed by atoms with Gasteiger partial charge in [-0.25, -0.2) is 0 Å². The minimum atomic E-state index is -0.610. The molecule has 2 nitrogen and oxygen atoms in total. The third-order valence-corrected chi connectivity index (χ3v) is 2.04. The number of benzene rings is 1. The maximum atomic E-state index is 11.1. The molecule has 0 aliphatic heterocycles.